The van der Waals surface area contributed by atoms with Gasteiger partial charge in [0.1, 0.15) is 11.5 Å². The van der Waals surface area contributed by atoms with Crippen molar-refractivity contribution in [2.24, 2.45) is 15.9 Å². The van der Waals surface area contributed by atoms with E-state index in [1.165, 1.54) is 6.21 Å². The van der Waals surface area contributed by atoms with Crippen LogP contribution in [0.15, 0.2) is 69.4 Å². The molecule has 3 rings (SSSR count). The van der Waals surface area contributed by atoms with Gasteiger partial charge in [-0.3, -0.25) is 0 Å². The molecule has 0 bridgehead atoms. The molecule has 0 fully saturated rings. The van der Waals surface area contributed by atoms with E-state index in [4.69, 9.17) is 16.2 Å². The zero-order chi connectivity index (χ0) is 16.8. The van der Waals surface area contributed by atoms with Crippen LogP contribution in [0.4, 0.5) is 5.82 Å². The van der Waals surface area contributed by atoms with Gasteiger partial charge in [-0.05, 0) is 40.1 Å². The monoisotopic (exact) mass is 322 g/mol. The van der Waals surface area contributed by atoms with Gasteiger partial charge < -0.3 is 16.2 Å². The van der Waals surface area contributed by atoms with E-state index in [1.54, 1.807) is 0 Å². The Labute approximate surface area is 137 Å². The smallest absolute Gasteiger partial charge is 0.199 e. The first-order chi connectivity index (χ1) is 11.7. The number of anilines is 1. The van der Waals surface area contributed by atoms with Gasteiger partial charge in [0, 0.05) is 0 Å². The molecular formula is C16H14N6O2. The van der Waals surface area contributed by atoms with Gasteiger partial charge in [0.05, 0.1) is 6.21 Å². The Hall–Kier alpha value is -3.68. The fraction of sp³-hybridized carbons (Fsp3) is 0. The lowest BCUT2D eigenvalue weighted by Gasteiger charge is -2.05. The molecule has 0 spiro atoms. The highest BCUT2D eigenvalue weighted by atomic mass is 16.6. The molecule has 120 valence electrons. The van der Waals surface area contributed by atoms with E-state index in [-0.39, 0.29) is 17.3 Å². The normalized spacial score (nSPS) is 11.8. The van der Waals surface area contributed by atoms with Crippen molar-refractivity contribution in [3.63, 3.8) is 0 Å². The van der Waals surface area contributed by atoms with Crippen molar-refractivity contribution in [1.29, 1.82) is 0 Å². The molecule has 24 heavy (non-hydrogen) atoms. The maximum absolute atomic E-state index is 5.75. The summed E-state index contributed by atoms with van der Waals surface area (Å²) in [6.45, 7) is 0. The quantitative estimate of drug-likeness (QED) is 0.421. The Bertz CT molecular complexity index is 873. The number of amidine groups is 1. The van der Waals surface area contributed by atoms with Crippen LogP contribution < -0.4 is 16.2 Å². The van der Waals surface area contributed by atoms with Gasteiger partial charge >= 0.3 is 0 Å². The summed E-state index contributed by atoms with van der Waals surface area (Å²) in [6, 6.07) is 16.9. The number of aromatic nitrogens is 2. The van der Waals surface area contributed by atoms with Crippen molar-refractivity contribution in [3.8, 4) is 11.5 Å². The molecule has 8 heteroatoms. The van der Waals surface area contributed by atoms with Crippen molar-refractivity contribution in [1.82, 2.24) is 10.3 Å². The molecule has 0 saturated carbocycles. The molecule has 0 radical (unpaired) electrons. The Morgan fingerprint density at radius 3 is 2.58 bits per heavy atom. The SMILES string of the molecule is NC(=NN=Cc1cccc(Oc2ccccc2)c1)c1nonc1N. The van der Waals surface area contributed by atoms with Crippen molar-refractivity contribution >= 4 is 17.9 Å². The lowest BCUT2D eigenvalue weighted by atomic mass is 10.2. The number of nitrogens with two attached hydrogens (primary N) is 2. The van der Waals surface area contributed by atoms with Crippen molar-refractivity contribution in [3.05, 3.63) is 65.9 Å². The van der Waals surface area contributed by atoms with Crippen molar-refractivity contribution < 1.29 is 9.37 Å². The number of hydrogen-bond acceptors (Lipinski definition) is 7. The van der Waals surface area contributed by atoms with Crippen LogP contribution in [0, 0.1) is 0 Å². The molecule has 0 saturated heterocycles. The fourth-order valence-corrected chi connectivity index (χ4v) is 1.86. The predicted molar refractivity (Wildman–Crippen MR) is 90.0 cm³/mol. The van der Waals surface area contributed by atoms with Crippen LogP contribution in [0.25, 0.3) is 0 Å². The minimum Gasteiger partial charge on any atom is -0.457 e. The van der Waals surface area contributed by atoms with Gasteiger partial charge in [0.15, 0.2) is 17.3 Å². The Balaban J connectivity index is 1.71. The topological polar surface area (TPSA) is 125 Å². The summed E-state index contributed by atoms with van der Waals surface area (Å²) in [5.41, 5.74) is 12.2. The maximum atomic E-state index is 5.75. The zero-order valence-electron chi connectivity index (χ0n) is 12.5. The van der Waals surface area contributed by atoms with E-state index in [2.05, 4.69) is 25.1 Å². The first kappa shape index (κ1) is 15.2. The highest BCUT2D eigenvalue weighted by Crippen LogP contribution is 2.21. The van der Waals surface area contributed by atoms with Crippen LogP contribution in [0.2, 0.25) is 0 Å². The van der Waals surface area contributed by atoms with Crippen molar-refractivity contribution in [2.45, 2.75) is 0 Å². The second-order valence-electron chi connectivity index (χ2n) is 4.72. The predicted octanol–water partition coefficient (Wildman–Crippen LogP) is 2.18. The molecule has 8 nitrogen and oxygen atoms in total. The average molecular weight is 322 g/mol. The van der Waals surface area contributed by atoms with E-state index in [9.17, 15) is 0 Å². The second-order valence-corrected chi connectivity index (χ2v) is 4.72. The molecular weight excluding hydrogens is 308 g/mol. The van der Waals surface area contributed by atoms with E-state index < -0.39 is 0 Å². The third-order valence-electron chi connectivity index (χ3n) is 2.97. The zero-order valence-corrected chi connectivity index (χ0v) is 12.5. The van der Waals surface area contributed by atoms with Gasteiger partial charge in [0.25, 0.3) is 0 Å². The third-order valence-corrected chi connectivity index (χ3v) is 2.97. The molecule has 1 aromatic heterocycles. The van der Waals surface area contributed by atoms with E-state index in [0.717, 1.165) is 11.3 Å². The molecule has 0 aliphatic carbocycles. The largest absolute Gasteiger partial charge is 0.457 e. The Morgan fingerprint density at radius 2 is 1.83 bits per heavy atom. The van der Waals surface area contributed by atoms with Crippen LogP contribution in [0.1, 0.15) is 11.3 Å². The van der Waals surface area contributed by atoms with Crippen LogP contribution in [0.5, 0.6) is 11.5 Å². The molecule has 3 aromatic rings. The summed E-state index contributed by atoms with van der Waals surface area (Å²) >= 11 is 0. The van der Waals surface area contributed by atoms with Crippen LogP contribution in [-0.2, 0) is 0 Å². The van der Waals surface area contributed by atoms with E-state index >= 15 is 0 Å². The number of hydrogen-bond donors (Lipinski definition) is 2. The number of benzene rings is 2. The number of para-hydroxylation sites is 1. The Kier molecular flexibility index (Phi) is 4.47. The molecule has 0 aliphatic heterocycles. The highest BCUT2D eigenvalue weighted by molar-refractivity contribution is 5.99. The van der Waals surface area contributed by atoms with Crippen LogP contribution >= 0.6 is 0 Å². The molecule has 1 heterocycles. The van der Waals surface area contributed by atoms with E-state index in [1.807, 2.05) is 54.6 Å². The highest BCUT2D eigenvalue weighted by Gasteiger charge is 2.09. The average Bonchev–Trinajstić information content (AvgIpc) is 3.02. The number of rotatable bonds is 5. The first-order valence-corrected chi connectivity index (χ1v) is 7.00. The summed E-state index contributed by atoms with van der Waals surface area (Å²) in [6.07, 6.45) is 1.54. The molecule has 0 atom stereocenters. The second kappa shape index (κ2) is 7.05. The maximum Gasteiger partial charge on any atom is 0.199 e. The third kappa shape index (κ3) is 3.74. The minimum atomic E-state index is 0.0155. The van der Waals surface area contributed by atoms with E-state index in [0.29, 0.717) is 5.75 Å². The summed E-state index contributed by atoms with van der Waals surface area (Å²) < 4.78 is 10.2. The number of nitrogen functional groups attached to an aromatic ring is 1. The van der Waals surface area contributed by atoms with Crippen molar-refractivity contribution in [2.75, 3.05) is 5.73 Å². The summed E-state index contributed by atoms with van der Waals surface area (Å²) in [5.74, 6) is 1.52. The van der Waals surface area contributed by atoms with Gasteiger partial charge in [0.2, 0.25) is 0 Å². The summed E-state index contributed by atoms with van der Waals surface area (Å²) in [5, 5.41) is 14.7. The van der Waals surface area contributed by atoms with Gasteiger partial charge in [-0.2, -0.15) is 5.10 Å². The van der Waals surface area contributed by atoms with Gasteiger partial charge in [-0.15, -0.1) is 5.10 Å². The lowest BCUT2D eigenvalue weighted by molar-refractivity contribution is 0.308. The number of ether oxygens (including phenoxy) is 1. The lowest BCUT2D eigenvalue weighted by Crippen LogP contribution is -2.15. The Morgan fingerprint density at radius 1 is 1.04 bits per heavy atom. The molecule has 0 unspecified atom stereocenters. The van der Waals surface area contributed by atoms with Crippen LogP contribution in [0.3, 0.4) is 0 Å². The summed E-state index contributed by atoms with van der Waals surface area (Å²) in [4.78, 5) is 0. The molecule has 2 aromatic carbocycles. The van der Waals surface area contributed by atoms with Crippen LogP contribution in [-0.4, -0.2) is 22.4 Å². The van der Waals surface area contributed by atoms with Gasteiger partial charge in [-0.1, -0.05) is 30.3 Å². The molecule has 0 aliphatic rings. The fourth-order valence-electron chi connectivity index (χ4n) is 1.86. The first-order valence-electron chi connectivity index (χ1n) is 7.00. The number of nitrogens with zero attached hydrogens (tertiary/aromatic N) is 4. The molecule has 4 N–H and O–H groups in total. The summed E-state index contributed by atoms with van der Waals surface area (Å²) in [7, 11) is 0. The minimum absolute atomic E-state index is 0.0155. The van der Waals surface area contributed by atoms with Gasteiger partial charge in [-0.25, -0.2) is 4.63 Å². The molecule has 0 amide bonds. The standard InChI is InChI=1S/C16H14N6O2/c17-15(14-16(18)22-24-21-14)20-19-10-11-5-4-8-13(9-11)23-12-6-2-1-3-7-12/h1-10H,(H2,17,20)(H2,18,22).